The van der Waals surface area contributed by atoms with Gasteiger partial charge in [-0.15, -0.1) is 5.10 Å². The van der Waals surface area contributed by atoms with Crippen LogP contribution in [0.1, 0.15) is 12.5 Å². The minimum Gasteiger partial charge on any atom is -0.454 e. The maximum Gasteiger partial charge on any atom is 0.231 e. The van der Waals surface area contributed by atoms with Crippen molar-refractivity contribution in [3.05, 3.63) is 17.7 Å². The zero-order chi connectivity index (χ0) is 13.8. The first kappa shape index (κ1) is 12.7. The molecule has 2 rings (SSSR count). The van der Waals surface area contributed by atoms with Crippen LogP contribution in [0.4, 0.5) is 5.69 Å². The first-order valence-corrected chi connectivity index (χ1v) is 5.39. The van der Waals surface area contributed by atoms with Crippen LogP contribution in [-0.2, 0) is 4.79 Å². The van der Waals surface area contributed by atoms with E-state index in [0.717, 1.165) is 0 Å². The van der Waals surface area contributed by atoms with Crippen molar-refractivity contribution in [2.24, 2.45) is 21.7 Å². The third-order valence-corrected chi connectivity index (χ3v) is 2.23. The fraction of sp³-hybridized carbons (Fsp3) is 0.182. The second-order valence-electron chi connectivity index (χ2n) is 3.74. The van der Waals surface area contributed by atoms with Crippen LogP contribution < -0.4 is 26.3 Å². The Hall–Kier alpha value is -2.77. The summed E-state index contributed by atoms with van der Waals surface area (Å²) in [5, 5.41) is 9.85. The van der Waals surface area contributed by atoms with E-state index in [9.17, 15) is 4.79 Å². The number of carbonyl (C=O) groups excluding carboxylic acids is 1. The molecule has 1 aliphatic rings. The number of anilines is 1. The van der Waals surface area contributed by atoms with E-state index in [4.69, 9.17) is 20.9 Å². The van der Waals surface area contributed by atoms with Crippen molar-refractivity contribution >= 4 is 23.8 Å². The highest BCUT2D eigenvalue weighted by Crippen LogP contribution is 2.36. The Morgan fingerprint density at radius 2 is 2.05 bits per heavy atom. The molecule has 1 amide bonds. The zero-order valence-electron chi connectivity index (χ0n) is 10.2. The van der Waals surface area contributed by atoms with E-state index >= 15 is 0 Å². The normalized spacial score (nSPS) is 12.5. The van der Waals surface area contributed by atoms with E-state index in [2.05, 4.69) is 15.5 Å². The Labute approximate surface area is 109 Å². The fourth-order valence-corrected chi connectivity index (χ4v) is 1.52. The summed E-state index contributed by atoms with van der Waals surface area (Å²) >= 11 is 0. The summed E-state index contributed by atoms with van der Waals surface area (Å²) in [4.78, 5) is 11.2. The van der Waals surface area contributed by atoms with Crippen LogP contribution in [-0.4, -0.2) is 24.9 Å². The summed E-state index contributed by atoms with van der Waals surface area (Å²) in [7, 11) is 0. The first-order chi connectivity index (χ1) is 9.06. The molecule has 0 bridgehead atoms. The number of amides is 1. The van der Waals surface area contributed by atoms with E-state index in [1.165, 1.54) is 13.1 Å². The lowest BCUT2D eigenvalue weighted by Crippen LogP contribution is -2.21. The zero-order valence-corrected chi connectivity index (χ0v) is 10.2. The lowest BCUT2D eigenvalue weighted by atomic mass is 10.1. The van der Waals surface area contributed by atoms with Gasteiger partial charge in [-0.3, -0.25) is 4.79 Å². The summed E-state index contributed by atoms with van der Waals surface area (Å²) in [5.41, 5.74) is 11.5. The highest BCUT2D eigenvalue weighted by Gasteiger charge is 2.17. The molecule has 1 aromatic carbocycles. The highest BCUT2D eigenvalue weighted by atomic mass is 16.7. The van der Waals surface area contributed by atoms with Gasteiger partial charge in [0.05, 0.1) is 11.9 Å². The molecule has 0 fully saturated rings. The van der Waals surface area contributed by atoms with E-state index in [1.807, 2.05) is 0 Å². The maximum atomic E-state index is 11.2. The molecule has 0 unspecified atom stereocenters. The number of benzene rings is 1. The number of hydrogen-bond donors (Lipinski definition) is 3. The lowest BCUT2D eigenvalue weighted by molar-refractivity contribution is -0.114. The summed E-state index contributed by atoms with van der Waals surface area (Å²) in [6, 6.07) is 3.33. The molecule has 0 aliphatic carbocycles. The van der Waals surface area contributed by atoms with Crippen LogP contribution in [0.25, 0.3) is 0 Å². The number of carbonyl (C=O) groups is 1. The van der Waals surface area contributed by atoms with Gasteiger partial charge in [0, 0.05) is 18.6 Å². The predicted octanol–water partition coefficient (Wildman–Crippen LogP) is -0.0190. The average molecular weight is 263 g/mol. The highest BCUT2D eigenvalue weighted by molar-refractivity contribution is 5.97. The van der Waals surface area contributed by atoms with Gasteiger partial charge >= 0.3 is 0 Å². The molecule has 0 atom stereocenters. The minimum absolute atomic E-state index is 0.142. The van der Waals surface area contributed by atoms with Gasteiger partial charge in [0.2, 0.25) is 18.7 Å². The van der Waals surface area contributed by atoms with Gasteiger partial charge in [0.25, 0.3) is 0 Å². The molecule has 8 heteroatoms. The molecule has 0 saturated heterocycles. The Balaban J connectivity index is 2.36. The van der Waals surface area contributed by atoms with Crippen LogP contribution in [0.5, 0.6) is 11.5 Å². The maximum absolute atomic E-state index is 11.2. The topological polar surface area (TPSA) is 124 Å². The molecule has 100 valence electrons. The third kappa shape index (κ3) is 3.12. The molecular weight excluding hydrogens is 250 g/mol. The molecule has 0 radical (unpaired) electrons. The van der Waals surface area contributed by atoms with Crippen molar-refractivity contribution in [2.75, 3.05) is 12.1 Å². The molecule has 1 heterocycles. The Bertz CT molecular complexity index is 564. The summed E-state index contributed by atoms with van der Waals surface area (Å²) in [6.07, 6.45) is 1.41. The smallest absolute Gasteiger partial charge is 0.231 e. The predicted molar refractivity (Wildman–Crippen MR) is 70.3 cm³/mol. The van der Waals surface area contributed by atoms with Gasteiger partial charge in [0.15, 0.2) is 11.5 Å². The molecule has 19 heavy (non-hydrogen) atoms. The van der Waals surface area contributed by atoms with Gasteiger partial charge in [-0.1, -0.05) is 0 Å². The van der Waals surface area contributed by atoms with Crippen molar-refractivity contribution in [1.82, 2.24) is 0 Å². The van der Waals surface area contributed by atoms with Crippen LogP contribution in [0.3, 0.4) is 0 Å². The van der Waals surface area contributed by atoms with Gasteiger partial charge in [0.1, 0.15) is 0 Å². The molecular formula is C11H13N5O3. The number of nitrogens with zero attached hydrogens (tertiary/aromatic N) is 2. The number of nitrogens with one attached hydrogen (secondary N) is 1. The van der Waals surface area contributed by atoms with Crippen molar-refractivity contribution in [2.45, 2.75) is 6.92 Å². The second-order valence-corrected chi connectivity index (χ2v) is 3.74. The first-order valence-electron chi connectivity index (χ1n) is 5.39. The SMILES string of the molecule is CC(=O)Nc1cc2c(cc1C=NN=C(N)N)OCO2. The largest absolute Gasteiger partial charge is 0.454 e. The van der Waals surface area contributed by atoms with Gasteiger partial charge < -0.3 is 26.3 Å². The second kappa shape index (κ2) is 5.25. The standard InChI is InChI=1S/C11H13N5O3/c1-6(17)15-8-3-10-9(18-5-19-10)2-7(8)4-14-16-11(12)13/h2-4H,5H2,1H3,(H,15,17)(H4,12,13,16). The Morgan fingerprint density at radius 1 is 1.37 bits per heavy atom. The molecule has 0 saturated carbocycles. The number of ether oxygens (including phenoxy) is 2. The Morgan fingerprint density at radius 3 is 2.68 bits per heavy atom. The van der Waals surface area contributed by atoms with Gasteiger partial charge in [-0.2, -0.15) is 5.10 Å². The average Bonchev–Trinajstić information content (AvgIpc) is 2.75. The number of rotatable bonds is 3. The van der Waals surface area contributed by atoms with Crippen LogP contribution in [0.15, 0.2) is 22.3 Å². The lowest BCUT2D eigenvalue weighted by Gasteiger charge is -2.07. The van der Waals surface area contributed by atoms with Crippen molar-refractivity contribution in [3.8, 4) is 11.5 Å². The molecule has 0 spiro atoms. The van der Waals surface area contributed by atoms with E-state index in [1.54, 1.807) is 12.1 Å². The van der Waals surface area contributed by atoms with E-state index in [-0.39, 0.29) is 18.7 Å². The van der Waals surface area contributed by atoms with E-state index < -0.39 is 0 Å². The fourth-order valence-electron chi connectivity index (χ4n) is 1.52. The molecule has 5 N–H and O–H groups in total. The number of nitrogens with two attached hydrogens (primary N) is 2. The van der Waals surface area contributed by atoms with Crippen LogP contribution >= 0.6 is 0 Å². The summed E-state index contributed by atoms with van der Waals surface area (Å²) in [6.45, 7) is 1.55. The number of fused-ring (bicyclic) bond motifs is 1. The summed E-state index contributed by atoms with van der Waals surface area (Å²) < 4.78 is 10.5. The van der Waals surface area contributed by atoms with Gasteiger partial charge in [-0.25, -0.2) is 0 Å². The number of hydrogen-bond acceptors (Lipinski definition) is 5. The molecule has 1 aliphatic heterocycles. The molecule has 0 aromatic heterocycles. The van der Waals surface area contributed by atoms with Crippen LogP contribution in [0.2, 0.25) is 0 Å². The quantitative estimate of drug-likeness (QED) is 0.401. The third-order valence-electron chi connectivity index (χ3n) is 2.23. The van der Waals surface area contributed by atoms with E-state index in [0.29, 0.717) is 22.7 Å². The van der Waals surface area contributed by atoms with Crippen molar-refractivity contribution in [3.63, 3.8) is 0 Å². The molecule has 8 nitrogen and oxygen atoms in total. The summed E-state index contributed by atoms with van der Waals surface area (Å²) in [5.74, 6) is 0.761. The van der Waals surface area contributed by atoms with Gasteiger partial charge in [-0.05, 0) is 6.07 Å². The Kier molecular flexibility index (Phi) is 3.51. The minimum atomic E-state index is -0.213. The monoisotopic (exact) mass is 263 g/mol. The van der Waals surface area contributed by atoms with Crippen LogP contribution in [0, 0.1) is 0 Å². The molecule has 1 aromatic rings. The van der Waals surface area contributed by atoms with Crippen molar-refractivity contribution in [1.29, 1.82) is 0 Å². The number of guanidine groups is 1. The van der Waals surface area contributed by atoms with Crippen molar-refractivity contribution < 1.29 is 14.3 Å².